The van der Waals surface area contributed by atoms with Crippen LogP contribution in [0.15, 0.2) is 18.2 Å². The average Bonchev–Trinajstić information content (AvgIpc) is 2.70. The van der Waals surface area contributed by atoms with Crippen molar-refractivity contribution >= 4 is 29.2 Å². The molecule has 0 radical (unpaired) electrons. The van der Waals surface area contributed by atoms with Gasteiger partial charge in [0.25, 0.3) is 0 Å². The Morgan fingerprint density at radius 1 is 1.55 bits per heavy atom. The van der Waals surface area contributed by atoms with E-state index in [1.54, 1.807) is 6.07 Å². The Bertz CT molecular complexity index is 677. The highest BCUT2D eigenvalue weighted by atomic mass is 32.1. The minimum atomic E-state index is -0.310. The average molecular weight is 295 g/mol. The highest BCUT2D eigenvalue weighted by molar-refractivity contribution is 7.71. The molecule has 108 valence electrons. The van der Waals surface area contributed by atoms with Gasteiger partial charge in [0.1, 0.15) is 5.82 Å². The molecule has 2 aromatic rings. The van der Waals surface area contributed by atoms with E-state index in [1.165, 1.54) is 12.1 Å². The van der Waals surface area contributed by atoms with Crippen LogP contribution in [-0.2, 0) is 11.3 Å². The summed E-state index contributed by atoms with van der Waals surface area (Å²) in [6.45, 7) is 4.47. The summed E-state index contributed by atoms with van der Waals surface area (Å²) >= 11 is 5.21. The van der Waals surface area contributed by atoms with Crippen molar-refractivity contribution in [2.24, 2.45) is 0 Å². The Balaban J connectivity index is 2.12. The minimum Gasteiger partial charge on any atom is -0.354 e. The lowest BCUT2D eigenvalue weighted by atomic mass is 10.2. The lowest BCUT2D eigenvalue weighted by Gasteiger charge is -2.11. The number of H-pyrrole nitrogens is 1. The molecule has 2 N–H and O–H groups in total. The van der Waals surface area contributed by atoms with Crippen molar-refractivity contribution in [2.45, 2.75) is 39.3 Å². The maximum absolute atomic E-state index is 13.1. The molecule has 0 saturated carbocycles. The SMILES string of the molecule is CCC(C)NC(=O)CCn1c(=S)[nH]c2cc(F)ccc21. The molecule has 0 fully saturated rings. The van der Waals surface area contributed by atoms with Gasteiger partial charge in [0.15, 0.2) is 4.77 Å². The van der Waals surface area contributed by atoms with Gasteiger partial charge in [-0.25, -0.2) is 4.39 Å². The molecule has 1 amide bonds. The number of fused-ring (bicyclic) bond motifs is 1. The van der Waals surface area contributed by atoms with Crippen molar-refractivity contribution in [3.8, 4) is 0 Å². The molecule has 0 saturated heterocycles. The predicted molar refractivity (Wildman–Crippen MR) is 79.6 cm³/mol. The first-order valence-electron chi connectivity index (χ1n) is 6.68. The zero-order valence-corrected chi connectivity index (χ0v) is 12.4. The normalized spacial score (nSPS) is 12.6. The second-order valence-corrected chi connectivity index (χ2v) is 5.26. The van der Waals surface area contributed by atoms with Crippen molar-refractivity contribution in [3.05, 3.63) is 28.8 Å². The molecule has 0 aliphatic carbocycles. The predicted octanol–water partition coefficient (Wildman–Crippen LogP) is 3.14. The second-order valence-electron chi connectivity index (χ2n) is 4.87. The van der Waals surface area contributed by atoms with Gasteiger partial charge in [-0.05, 0) is 43.8 Å². The minimum absolute atomic E-state index is 0.00212. The number of nitrogens with one attached hydrogen (secondary N) is 2. The standard InChI is InChI=1S/C14H18FN3OS/c1-3-9(2)16-13(19)6-7-18-12-5-4-10(15)8-11(12)17-14(18)20/h4-5,8-9H,3,6-7H2,1-2H3,(H,16,19)(H,17,20). The number of carbonyl (C=O) groups excluding carboxylic acids is 1. The van der Waals surface area contributed by atoms with Gasteiger partial charge in [-0.1, -0.05) is 6.92 Å². The molecule has 0 aliphatic heterocycles. The van der Waals surface area contributed by atoms with Crippen LogP contribution >= 0.6 is 12.2 Å². The number of halogens is 1. The number of imidazole rings is 1. The second kappa shape index (κ2) is 6.17. The molecule has 2 rings (SSSR count). The maximum Gasteiger partial charge on any atom is 0.222 e. The van der Waals surface area contributed by atoms with Crippen molar-refractivity contribution in [3.63, 3.8) is 0 Å². The Morgan fingerprint density at radius 2 is 2.30 bits per heavy atom. The van der Waals surface area contributed by atoms with Gasteiger partial charge in [0, 0.05) is 19.0 Å². The molecule has 1 aromatic carbocycles. The molecule has 1 aromatic heterocycles. The molecule has 1 unspecified atom stereocenters. The Labute approximate surface area is 122 Å². The molecule has 4 nitrogen and oxygen atoms in total. The molecule has 20 heavy (non-hydrogen) atoms. The van der Waals surface area contributed by atoms with E-state index in [0.717, 1.165) is 11.9 Å². The quantitative estimate of drug-likeness (QED) is 0.833. The zero-order chi connectivity index (χ0) is 14.7. The number of aromatic amines is 1. The summed E-state index contributed by atoms with van der Waals surface area (Å²) in [6, 6.07) is 4.64. The van der Waals surface area contributed by atoms with E-state index in [-0.39, 0.29) is 17.8 Å². The van der Waals surface area contributed by atoms with Crippen LogP contribution in [0.3, 0.4) is 0 Å². The van der Waals surface area contributed by atoms with Gasteiger partial charge < -0.3 is 14.9 Å². The Hall–Kier alpha value is -1.69. The summed E-state index contributed by atoms with van der Waals surface area (Å²) in [5, 5.41) is 2.91. The van der Waals surface area contributed by atoms with Crippen molar-refractivity contribution in [1.82, 2.24) is 14.9 Å². The summed E-state index contributed by atoms with van der Waals surface area (Å²) in [5.74, 6) is -0.312. The number of benzene rings is 1. The van der Waals surface area contributed by atoms with E-state index in [9.17, 15) is 9.18 Å². The van der Waals surface area contributed by atoms with E-state index in [4.69, 9.17) is 12.2 Å². The third-order valence-corrected chi connectivity index (χ3v) is 3.64. The summed E-state index contributed by atoms with van der Waals surface area (Å²) in [5.41, 5.74) is 1.46. The van der Waals surface area contributed by atoms with Gasteiger partial charge in [-0.3, -0.25) is 4.79 Å². The first-order valence-corrected chi connectivity index (χ1v) is 7.09. The number of aromatic nitrogens is 2. The number of hydrogen-bond donors (Lipinski definition) is 2. The molecule has 0 spiro atoms. The van der Waals surface area contributed by atoms with Crippen molar-refractivity contribution < 1.29 is 9.18 Å². The first-order chi connectivity index (χ1) is 9.51. The zero-order valence-electron chi connectivity index (χ0n) is 11.6. The number of amides is 1. The Morgan fingerprint density at radius 3 is 3.00 bits per heavy atom. The summed E-state index contributed by atoms with van der Waals surface area (Å²) < 4.78 is 15.5. The van der Waals surface area contributed by atoms with Crippen molar-refractivity contribution in [2.75, 3.05) is 0 Å². The number of nitrogens with zero attached hydrogens (tertiary/aromatic N) is 1. The lowest BCUT2D eigenvalue weighted by Crippen LogP contribution is -2.32. The lowest BCUT2D eigenvalue weighted by molar-refractivity contribution is -0.121. The Kier molecular flexibility index (Phi) is 4.54. The molecule has 0 bridgehead atoms. The van der Waals surface area contributed by atoms with Gasteiger partial charge in [-0.15, -0.1) is 0 Å². The van der Waals surface area contributed by atoms with E-state index >= 15 is 0 Å². The molecular weight excluding hydrogens is 277 g/mol. The van der Waals surface area contributed by atoms with Crippen LogP contribution in [0.4, 0.5) is 4.39 Å². The number of carbonyl (C=O) groups is 1. The topological polar surface area (TPSA) is 49.8 Å². The molecule has 6 heteroatoms. The largest absolute Gasteiger partial charge is 0.354 e. The molecular formula is C14H18FN3OS. The fraction of sp³-hybridized carbons (Fsp3) is 0.429. The third-order valence-electron chi connectivity index (χ3n) is 3.32. The molecule has 1 atom stereocenters. The monoisotopic (exact) mass is 295 g/mol. The first kappa shape index (κ1) is 14.7. The van der Waals surface area contributed by atoms with E-state index in [0.29, 0.717) is 23.3 Å². The van der Waals surface area contributed by atoms with Crippen LogP contribution in [0, 0.1) is 10.6 Å². The molecule has 1 heterocycles. The van der Waals surface area contributed by atoms with E-state index in [2.05, 4.69) is 10.3 Å². The van der Waals surface area contributed by atoms with Crippen LogP contribution < -0.4 is 5.32 Å². The summed E-state index contributed by atoms with van der Waals surface area (Å²) in [6.07, 6.45) is 1.25. The van der Waals surface area contributed by atoms with Gasteiger partial charge in [0.05, 0.1) is 11.0 Å². The van der Waals surface area contributed by atoms with Gasteiger partial charge in [0.2, 0.25) is 5.91 Å². The third kappa shape index (κ3) is 3.25. The highest BCUT2D eigenvalue weighted by Gasteiger charge is 2.09. The van der Waals surface area contributed by atoms with Crippen LogP contribution in [-0.4, -0.2) is 21.5 Å². The van der Waals surface area contributed by atoms with Crippen LogP contribution in [0.2, 0.25) is 0 Å². The van der Waals surface area contributed by atoms with E-state index in [1.807, 2.05) is 18.4 Å². The van der Waals surface area contributed by atoms with Crippen LogP contribution in [0.25, 0.3) is 11.0 Å². The van der Waals surface area contributed by atoms with Gasteiger partial charge >= 0.3 is 0 Å². The summed E-state index contributed by atoms with van der Waals surface area (Å²) in [7, 11) is 0. The highest BCUT2D eigenvalue weighted by Crippen LogP contribution is 2.15. The van der Waals surface area contributed by atoms with Crippen LogP contribution in [0.1, 0.15) is 26.7 Å². The smallest absolute Gasteiger partial charge is 0.222 e. The fourth-order valence-electron chi connectivity index (χ4n) is 2.02. The molecule has 0 aliphatic rings. The number of rotatable bonds is 5. The van der Waals surface area contributed by atoms with Crippen LogP contribution in [0.5, 0.6) is 0 Å². The fourth-order valence-corrected chi connectivity index (χ4v) is 2.32. The maximum atomic E-state index is 13.1. The summed E-state index contributed by atoms with van der Waals surface area (Å²) in [4.78, 5) is 14.7. The number of hydrogen-bond acceptors (Lipinski definition) is 2. The van der Waals surface area contributed by atoms with Gasteiger partial charge in [-0.2, -0.15) is 0 Å². The van der Waals surface area contributed by atoms with E-state index < -0.39 is 0 Å². The number of aryl methyl sites for hydroxylation is 1. The van der Waals surface area contributed by atoms with Crippen molar-refractivity contribution in [1.29, 1.82) is 0 Å².